The van der Waals surface area contributed by atoms with Gasteiger partial charge >= 0.3 is 0 Å². The number of nitrogens with one attached hydrogen (secondary N) is 1. The minimum absolute atomic E-state index is 0.613. The van der Waals surface area contributed by atoms with Crippen LogP contribution in [0, 0.1) is 17.8 Å². The molecule has 0 amide bonds. The SMILES string of the molecule is CC(C)Cn1ncnc1CC(CNC1CC1)C(C)C. The van der Waals surface area contributed by atoms with E-state index in [-0.39, 0.29) is 0 Å². The summed E-state index contributed by atoms with van der Waals surface area (Å²) >= 11 is 0. The molecule has 1 aromatic heterocycles. The Morgan fingerprint density at radius 3 is 2.63 bits per heavy atom. The number of rotatable bonds is 8. The van der Waals surface area contributed by atoms with Gasteiger partial charge in [-0.15, -0.1) is 0 Å². The maximum absolute atomic E-state index is 4.46. The van der Waals surface area contributed by atoms with Crippen molar-refractivity contribution in [3.63, 3.8) is 0 Å². The third-order valence-electron chi connectivity index (χ3n) is 3.87. The molecule has 4 heteroatoms. The molecule has 1 N–H and O–H groups in total. The quantitative estimate of drug-likeness (QED) is 0.784. The van der Waals surface area contributed by atoms with Crippen molar-refractivity contribution in [3.05, 3.63) is 12.2 Å². The predicted octanol–water partition coefficient (Wildman–Crippen LogP) is 2.50. The maximum atomic E-state index is 4.46. The van der Waals surface area contributed by atoms with Crippen LogP contribution in [0.25, 0.3) is 0 Å². The molecule has 2 rings (SSSR count). The lowest BCUT2D eigenvalue weighted by Gasteiger charge is -2.21. The molecule has 1 saturated carbocycles. The van der Waals surface area contributed by atoms with Crippen LogP contribution in [0.2, 0.25) is 0 Å². The van der Waals surface area contributed by atoms with Crippen LogP contribution < -0.4 is 5.32 Å². The van der Waals surface area contributed by atoms with Crippen LogP contribution in [0.4, 0.5) is 0 Å². The molecule has 1 aromatic rings. The molecule has 1 fully saturated rings. The van der Waals surface area contributed by atoms with Gasteiger partial charge in [-0.1, -0.05) is 27.7 Å². The van der Waals surface area contributed by atoms with Crippen molar-refractivity contribution in [2.24, 2.45) is 17.8 Å². The molecular formula is C15H28N4. The van der Waals surface area contributed by atoms with Gasteiger partial charge in [0.2, 0.25) is 0 Å². The van der Waals surface area contributed by atoms with Gasteiger partial charge in [-0.3, -0.25) is 0 Å². The van der Waals surface area contributed by atoms with Crippen LogP contribution in [-0.4, -0.2) is 27.4 Å². The third-order valence-corrected chi connectivity index (χ3v) is 3.87. The van der Waals surface area contributed by atoms with Gasteiger partial charge in [0.1, 0.15) is 12.2 Å². The average Bonchev–Trinajstić information content (AvgIpc) is 3.06. The summed E-state index contributed by atoms with van der Waals surface area (Å²) in [5.41, 5.74) is 0. The Morgan fingerprint density at radius 1 is 1.32 bits per heavy atom. The fraction of sp³-hybridized carbons (Fsp3) is 0.867. The summed E-state index contributed by atoms with van der Waals surface area (Å²) in [4.78, 5) is 4.46. The molecule has 0 spiro atoms. The minimum atomic E-state index is 0.613. The summed E-state index contributed by atoms with van der Waals surface area (Å²) in [5.74, 6) is 3.08. The highest BCUT2D eigenvalue weighted by atomic mass is 15.3. The van der Waals surface area contributed by atoms with Gasteiger partial charge in [-0.25, -0.2) is 9.67 Å². The Hall–Kier alpha value is -0.900. The highest BCUT2D eigenvalue weighted by molar-refractivity contribution is 4.90. The molecule has 1 aliphatic carbocycles. The van der Waals surface area contributed by atoms with Gasteiger partial charge in [0, 0.05) is 19.0 Å². The lowest BCUT2D eigenvalue weighted by atomic mass is 9.92. The Balaban J connectivity index is 1.93. The molecule has 108 valence electrons. The minimum Gasteiger partial charge on any atom is -0.314 e. The van der Waals surface area contributed by atoms with Crippen LogP contribution in [0.15, 0.2) is 6.33 Å². The van der Waals surface area contributed by atoms with Crippen LogP contribution in [0.5, 0.6) is 0 Å². The zero-order valence-electron chi connectivity index (χ0n) is 12.8. The summed E-state index contributed by atoms with van der Waals surface area (Å²) < 4.78 is 2.08. The van der Waals surface area contributed by atoms with Crippen LogP contribution in [0.3, 0.4) is 0 Å². The van der Waals surface area contributed by atoms with Crippen molar-refractivity contribution in [2.75, 3.05) is 6.54 Å². The van der Waals surface area contributed by atoms with Gasteiger partial charge in [0.15, 0.2) is 0 Å². The van der Waals surface area contributed by atoms with Crippen LogP contribution in [0.1, 0.15) is 46.4 Å². The van der Waals surface area contributed by atoms with E-state index in [0.717, 1.165) is 31.4 Å². The monoisotopic (exact) mass is 264 g/mol. The normalized spacial score (nSPS) is 17.4. The second kappa shape index (κ2) is 6.51. The largest absolute Gasteiger partial charge is 0.314 e. The molecule has 0 aromatic carbocycles. The summed E-state index contributed by atoms with van der Waals surface area (Å²) in [5, 5.41) is 8.01. The van der Waals surface area contributed by atoms with E-state index in [1.165, 1.54) is 12.8 Å². The van der Waals surface area contributed by atoms with Gasteiger partial charge < -0.3 is 5.32 Å². The second-order valence-electron chi connectivity index (χ2n) is 6.64. The van der Waals surface area contributed by atoms with Gasteiger partial charge in [0.25, 0.3) is 0 Å². The van der Waals surface area contributed by atoms with E-state index in [0.29, 0.717) is 17.8 Å². The summed E-state index contributed by atoms with van der Waals surface area (Å²) in [6, 6.07) is 0.787. The first-order valence-corrected chi connectivity index (χ1v) is 7.66. The highest BCUT2D eigenvalue weighted by Gasteiger charge is 2.24. The first kappa shape index (κ1) is 14.5. The standard InChI is InChI=1S/C15H28N4/c1-11(2)9-19-15(17-10-18-19)7-13(12(3)4)8-16-14-5-6-14/h10-14,16H,5-9H2,1-4H3. The Bertz CT molecular complexity index is 379. The molecule has 19 heavy (non-hydrogen) atoms. The predicted molar refractivity (Wildman–Crippen MR) is 77.9 cm³/mol. The van der Waals surface area contributed by atoms with Crippen molar-refractivity contribution in [1.82, 2.24) is 20.1 Å². The Morgan fingerprint density at radius 2 is 2.05 bits per heavy atom. The van der Waals surface area contributed by atoms with E-state index in [1.54, 1.807) is 6.33 Å². The van der Waals surface area contributed by atoms with Gasteiger partial charge in [-0.05, 0) is 37.1 Å². The van der Waals surface area contributed by atoms with Crippen molar-refractivity contribution in [3.8, 4) is 0 Å². The molecule has 4 nitrogen and oxygen atoms in total. The van der Waals surface area contributed by atoms with Crippen molar-refractivity contribution >= 4 is 0 Å². The third kappa shape index (κ3) is 4.60. The molecule has 0 aliphatic heterocycles. The summed E-state index contributed by atoms with van der Waals surface area (Å²) in [6.07, 6.45) is 5.44. The molecule has 1 heterocycles. The lowest BCUT2D eigenvalue weighted by molar-refractivity contribution is 0.342. The van der Waals surface area contributed by atoms with E-state index in [2.05, 4.69) is 47.8 Å². The zero-order valence-corrected chi connectivity index (χ0v) is 12.8. The van der Waals surface area contributed by atoms with Crippen LogP contribution in [-0.2, 0) is 13.0 Å². The zero-order chi connectivity index (χ0) is 13.8. The fourth-order valence-corrected chi connectivity index (χ4v) is 2.33. The Kier molecular flexibility index (Phi) is 4.97. The van der Waals surface area contributed by atoms with Crippen molar-refractivity contribution < 1.29 is 0 Å². The molecule has 0 radical (unpaired) electrons. The highest BCUT2D eigenvalue weighted by Crippen LogP contribution is 2.21. The molecule has 1 unspecified atom stereocenters. The van der Waals surface area contributed by atoms with Gasteiger partial charge in [0.05, 0.1) is 0 Å². The van der Waals surface area contributed by atoms with E-state index in [4.69, 9.17) is 0 Å². The van der Waals surface area contributed by atoms with E-state index >= 15 is 0 Å². The van der Waals surface area contributed by atoms with E-state index in [9.17, 15) is 0 Å². The molecular weight excluding hydrogens is 236 g/mol. The second-order valence-corrected chi connectivity index (χ2v) is 6.64. The fourth-order valence-electron chi connectivity index (χ4n) is 2.33. The summed E-state index contributed by atoms with van der Waals surface area (Å²) in [6.45, 7) is 11.1. The number of hydrogen-bond acceptors (Lipinski definition) is 3. The van der Waals surface area contributed by atoms with E-state index in [1.807, 2.05) is 0 Å². The topological polar surface area (TPSA) is 42.7 Å². The van der Waals surface area contributed by atoms with Crippen molar-refractivity contribution in [1.29, 1.82) is 0 Å². The number of nitrogens with zero attached hydrogens (tertiary/aromatic N) is 3. The first-order valence-electron chi connectivity index (χ1n) is 7.66. The first-order chi connectivity index (χ1) is 9.06. The molecule has 1 atom stereocenters. The maximum Gasteiger partial charge on any atom is 0.138 e. The molecule has 0 bridgehead atoms. The van der Waals surface area contributed by atoms with Crippen LogP contribution >= 0.6 is 0 Å². The molecule has 1 aliphatic rings. The van der Waals surface area contributed by atoms with E-state index < -0.39 is 0 Å². The number of aromatic nitrogens is 3. The van der Waals surface area contributed by atoms with Gasteiger partial charge in [-0.2, -0.15) is 5.10 Å². The lowest BCUT2D eigenvalue weighted by Crippen LogP contribution is -2.30. The Labute approximate surface area is 117 Å². The molecule has 0 saturated heterocycles. The van der Waals surface area contributed by atoms with Crippen molar-refractivity contribution in [2.45, 2.75) is 59.5 Å². The smallest absolute Gasteiger partial charge is 0.138 e. The average molecular weight is 264 g/mol. The summed E-state index contributed by atoms with van der Waals surface area (Å²) in [7, 11) is 0. The number of hydrogen-bond donors (Lipinski definition) is 1.